The van der Waals surface area contributed by atoms with Gasteiger partial charge in [0.1, 0.15) is 0 Å². The Morgan fingerprint density at radius 1 is 1.28 bits per heavy atom. The highest BCUT2D eigenvalue weighted by atomic mass is 32.1. The largest absolute Gasteiger partial charge is 0.363 e. The van der Waals surface area contributed by atoms with Gasteiger partial charge in [-0.25, -0.2) is 0 Å². The maximum absolute atomic E-state index is 5.28. The number of benzene rings is 1. The molecule has 0 bridgehead atoms. The van der Waals surface area contributed by atoms with E-state index in [1.165, 1.54) is 23.1 Å². The number of nitrogens with one attached hydrogen (secondary N) is 2. The Bertz CT molecular complexity index is 401. The highest BCUT2D eigenvalue weighted by Crippen LogP contribution is 2.16. The van der Waals surface area contributed by atoms with Crippen molar-refractivity contribution in [2.24, 2.45) is 0 Å². The zero-order valence-electron chi connectivity index (χ0n) is 11.8. The Kier molecular flexibility index (Phi) is 6.13. The second kappa shape index (κ2) is 7.37. The van der Waals surface area contributed by atoms with Crippen molar-refractivity contribution in [1.82, 2.24) is 10.6 Å². The van der Waals surface area contributed by atoms with E-state index in [1.54, 1.807) is 0 Å². The van der Waals surface area contributed by atoms with E-state index in [1.807, 2.05) is 0 Å². The summed E-state index contributed by atoms with van der Waals surface area (Å²) in [7, 11) is 0. The molecule has 0 aliphatic rings. The van der Waals surface area contributed by atoms with Crippen molar-refractivity contribution in [3.05, 3.63) is 34.9 Å². The van der Waals surface area contributed by atoms with Gasteiger partial charge in [-0.2, -0.15) is 0 Å². The van der Waals surface area contributed by atoms with Crippen molar-refractivity contribution < 1.29 is 0 Å². The summed E-state index contributed by atoms with van der Waals surface area (Å²) in [5.74, 6) is 0. The Morgan fingerprint density at radius 3 is 2.61 bits per heavy atom. The molecule has 0 spiro atoms. The average molecular weight is 264 g/mol. The second-order valence-electron chi connectivity index (χ2n) is 4.82. The van der Waals surface area contributed by atoms with E-state index in [-0.39, 0.29) is 6.04 Å². The van der Waals surface area contributed by atoms with Gasteiger partial charge in [-0.15, -0.1) is 0 Å². The van der Waals surface area contributed by atoms with E-state index in [0.717, 1.165) is 18.1 Å². The molecule has 1 aromatic rings. The number of hydrogen-bond donors (Lipinski definition) is 2. The molecule has 0 aliphatic carbocycles. The number of rotatable bonds is 5. The van der Waals surface area contributed by atoms with Crippen LogP contribution in [0.4, 0.5) is 0 Å². The molecule has 0 heterocycles. The predicted molar refractivity (Wildman–Crippen MR) is 83.0 cm³/mol. The summed E-state index contributed by atoms with van der Waals surface area (Å²) in [5.41, 5.74) is 3.93. The zero-order valence-corrected chi connectivity index (χ0v) is 12.7. The van der Waals surface area contributed by atoms with Gasteiger partial charge in [-0.1, -0.05) is 31.5 Å². The average Bonchev–Trinajstić information content (AvgIpc) is 2.33. The van der Waals surface area contributed by atoms with Gasteiger partial charge >= 0.3 is 0 Å². The third kappa shape index (κ3) is 4.65. The predicted octanol–water partition coefficient (Wildman–Crippen LogP) is 3.63. The fourth-order valence-electron chi connectivity index (χ4n) is 1.74. The van der Waals surface area contributed by atoms with E-state index in [0.29, 0.717) is 0 Å². The standard InChI is InChI=1S/C15H24N2S/c1-5-6-9-16-15(18)17-13(4)14-8-7-11(2)12(3)10-14/h7-8,10,13H,5-6,9H2,1-4H3,(H2,16,17,18). The lowest BCUT2D eigenvalue weighted by atomic mass is 10.0. The Balaban J connectivity index is 2.51. The molecule has 100 valence electrons. The second-order valence-corrected chi connectivity index (χ2v) is 5.23. The molecule has 1 rings (SSSR count). The minimum Gasteiger partial charge on any atom is -0.363 e. The van der Waals surface area contributed by atoms with Gasteiger partial charge in [0.05, 0.1) is 6.04 Å². The first-order valence-corrected chi connectivity index (χ1v) is 7.07. The maximum atomic E-state index is 5.28. The van der Waals surface area contributed by atoms with Gasteiger partial charge in [0.25, 0.3) is 0 Å². The quantitative estimate of drug-likeness (QED) is 0.627. The summed E-state index contributed by atoms with van der Waals surface area (Å²) in [5, 5.41) is 7.30. The normalized spacial score (nSPS) is 12.0. The lowest BCUT2D eigenvalue weighted by Crippen LogP contribution is -2.37. The van der Waals surface area contributed by atoms with Crippen LogP contribution >= 0.6 is 12.2 Å². The topological polar surface area (TPSA) is 24.1 Å². The molecule has 0 saturated heterocycles. The minimum atomic E-state index is 0.242. The Labute approximate surface area is 116 Å². The molecule has 0 fully saturated rings. The highest BCUT2D eigenvalue weighted by Gasteiger charge is 2.07. The molecule has 0 saturated carbocycles. The van der Waals surface area contributed by atoms with E-state index < -0.39 is 0 Å². The van der Waals surface area contributed by atoms with Crippen LogP contribution in [0.25, 0.3) is 0 Å². The summed E-state index contributed by atoms with van der Waals surface area (Å²) in [6.45, 7) is 9.53. The fraction of sp³-hybridized carbons (Fsp3) is 0.533. The molecule has 0 radical (unpaired) electrons. The van der Waals surface area contributed by atoms with Crippen molar-refractivity contribution in [1.29, 1.82) is 0 Å². The van der Waals surface area contributed by atoms with Gasteiger partial charge < -0.3 is 10.6 Å². The van der Waals surface area contributed by atoms with Crippen LogP contribution < -0.4 is 10.6 Å². The summed E-state index contributed by atoms with van der Waals surface area (Å²) in [6, 6.07) is 6.79. The molecular weight excluding hydrogens is 240 g/mol. The molecule has 0 aliphatic heterocycles. The SMILES string of the molecule is CCCCNC(=S)NC(C)c1ccc(C)c(C)c1. The third-order valence-electron chi connectivity index (χ3n) is 3.19. The van der Waals surface area contributed by atoms with Crippen LogP contribution in [0.5, 0.6) is 0 Å². The molecular formula is C15H24N2S. The van der Waals surface area contributed by atoms with Crippen LogP contribution in [0.2, 0.25) is 0 Å². The molecule has 2 N–H and O–H groups in total. The molecule has 3 heteroatoms. The van der Waals surface area contributed by atoms with Crippen LogP contribution in [0.1, 0.15) is 49.4 Å². The van der Waals surface area contributed by atoms with Gasteiger partial charge in [-0.3, -0.25) is 0 Å². The van der Waals surface area contributed by atoms with E-state index in [9.17, 15) is 0 Å². The van der Waals surface area contributed by atoms with Crippen LogP contribution in [-0.2, 0) is 0 Å². The van der Waals surface area contributed by atoms with Gasteiger partial charge in [0, 0.05) is 6.54 Å². The number of hydrogen-bond acceptors (Lipinski definition) is 1. The highest BCUT2D eigenvalue weighted by molar-refractivity contribution is 7.80. The first kappa shape index (κ1) is 15.0. The molecule has 0 amide bonds. The lowest BCUT2D eigenvalue weighted by molar-refractivity contribution is 0.682. The minimum absolute atomic E-state index is 0.242. The Hall–Kier alpha value is -1.09. The van der Waals surface area contributed by atoms with Crippen molar-refractivity contribution >= 4 is 17.3 Å². The molecule has 0 aromatic heterocycles. The summed E-state index contributed by atoms with van der Waals surface area (Å²) >= 11 is 5.28. The molecule has 1 unspecified atom stereocenters. The third-order valence-corrected chi connectivity index (χ3v) is 3.46. The van der Waals surface area contributed by atoms with Gasteiger partial charge in [0.2, 0.25) is 0 Å². The van der Waals surface area contributed by atoms with Crippen molar-refractivity contribution in [2.45, 2.75) is 46.6 Å². The van der Waals surface area contributed by atoms with E-state index >= 15 is 0 Å². The van der Waals surface area contributed by atoms with E-state index in [4.69, 9.17) is 12.2 Å². The summed E-state index contributed by atoms with van der Waals surface area (Å²) in [6.07, 6.45) is 2.34. The van der Waals surface area contributed by atoms with Crippen molar-refractivity contribution in [2.75, 3.05) is 6.54 Å². The van der Waals surface area contributed by atoms with Gasteiger partial charge in [-0.05, 0) is 56.1 Å². The van der Waals surface area contributed by atoms with Crippen LogP contribution in [0, 0.1) is 13.8 Å². The molecule has 18 heavy (non-hydrogen) atoms. The molecule has 2 nitrogen and oxygen atoms in total. The molecule has 1 atom stereocenters. The van der Waals surface area contributed by atoms with Crippen LogP contribution in [0.15, 0.2) is 18.2 Å². The maximum Gasteiger partial charge on any atom is 0.166 e. The number of aryl methyl sites for hydroxylation is 2. The molecule has 1 aromatic carbocycles. The fourth-order valence-corrected chi connectivity index (χ4v) is 2.02. The van der Waals surface area contributed by atoms with Crippen LogP contribution in [0.3, 0.4) is 0 Å². The van der Waals surface area contributed by atoms with Gasteiger partial charge in [0.15, 0.2) is 5.11 Å². The monoisotopic (exact) mass is 264 g/mol. The number of unbranched alkanes of at least 4 members (excludes halogenated alkanes) is 1. The lowest BCUT2D eigenvalue weighted by Gasteiger charge is -2.18. The van der Waals surface area contributed by atoms with E-state index in [2.05, 4.69) is 56.5 Å². The van der Waals surface area contributed by atoms with Crippen LogP contribution in [-0.4, -0.2) is 11.7 Å². The first-order chi connectivity index (χ1) is 8.54. The first-order valence-electron chi connectivity index (χ1n) is 6.66. The summed E-state index contributed by atoms with van der Waals surface area (Å²) in [4.78, 5) is 0. The number of thiocarbonyl (C=S) groups is 1. The van der Waals surface area contributed by atoms with Crippen molar-refractivity contribution in [3.8, 4) is 0 Å². The summed E-state index contributed by atoms with van der Waals surface area (Å²) < 4.78 is 0. The Morgan fingerprint density at radius 2 is 2.00 bits per heavy atom. The zero-order chi connectivity index (χ0) is 13.5. The smallest absolute Gasteiger partial charge is 0.166 e. The van der Waals surface area contributed by atoms with Crippen molar-refractivity contribution in [3.63, 3.8) is 0 Å².